The van der Waals surface area contributed by atoms with Crippen molar-refractivity contribution in [2.24, 2.45) is 0 Å². The molecule has 2 aromatic carbocycles. The van der Waals surface area contributed by atoms with Gasteiger partial charge in [-0.15, -0.1) is 0 Å². The number of anilines is 1. The van der Waals surface area contributed by atoms with E-state index in [0.717, 1.165) is 16.9 Å². The molecule has 21 heavy (non-hydrogen) atoms. The predicted octanol–water partition coefficient (Wildman–Crippen LogP) is 4.28. The van der Waals surface area contributed by atoms with Crippen LogP contribution in [0, 0.1) is 5.82 Å². The van der Waals surface area contributed by atoms with Gasteiger partial charge in [-0.3, -0.25) is 0 Å². The van der Waals surface area contributed by atoms with Crippen LogP contribution in [0.4, 0.5) is 10.1 Å². The second kappa shape index (κ2) is 5.97. The Hall–Kier alpha value is -2.33. The molecule has 3 rings (SSSR count). The molecule has 0 radical (unpaired) electrons. The van der Waals surface area contributed by atoms with Gasteiger partial charge in [0.05, 0.1) is 6.33 Å². The third kappa shape index (κ3) is 3.41. The standard InChI is InChI=1S/C16H13ClFN3/c17-13-6-12(7-14(18)8-13)10-20-15-2-1-3-16(9-15)21-5-4-19-11-21/h1-9,11,20H,10H2. The van der Waals surface area contributed by atoms with Crippen LogP contribution in [0.5, 0.6) is 0 Å². The van der Waals surface area contributed by atoms with Crippen molar-refractivity contribution >= 4 is 17.3 Å². The Morgan fingerprint density at radius 2 is 2.10 bits per heavy atom. The summed E-state index contributed by atoms with van der Waals surface area (Å²) in [5.74, 6) is -0.327. The minimum Gasteiger partial charge on any atom is -0.381 e. The van der Waals surface area contributed by atoms with E-state index in [0.29, 0.717) is 11.6 Å². The van der Waals surface area contributed by atoms with Gasteiger partial charge in [0, 0.05) is 35.3 Å². The maximum atomic E-state index is 13.3. The van der Waals surface area contributed by atoms with Gasteiger partial charge in [0.15, 0.2) is 0 Å². The Labute approximate surface area is 127 Å². The van der Waals surface area contributed by atoms with Gasteiger partial charge in [-0.05, 0) is 42.0 Å². The first-order valence-corrected chi connectivity index (χ1v) is 6.86. The lowest BCUT2D eigenvalue weighted by Crippen LogP contribution is -2.01. The van der Waals surface area contributed by atoms with E-state index in [-0.39, 0.29) is 5.82 Å². The summed E-state index contributed by atoms with van der Waals surface area (Å²) >= 11 is 5.85. The Morgan fingerprint density at radius 1 is 1.19 bits per heavy atom. The predicted molar refractivity (Wildman–Crippen MR) is 82.3 cm³/mol. The number of rotatable bonds is 4. The normalized spacial score (nSPS) is 10.6. The third-order valence-corrected chi connectivity index (χ3v) is 3.29. The SMILES string of the molecule is Fc1cc(Cl)cc(CNc2cccc(-n3ccnc3)c2)c1. The van der Waals surface area contributed by atoms with Crippen molar-refractivity contribution in [3.05, 3.63) is 77.6 Å². The first kappa shape index (κ1) is 13.6. The van der Waals surface area contributed by atoms with Crippen molar-refractivity contribution in [1.82, 2.24) is 9.55 Å². The molecule has 3 aromatic rings. The molecule has 106 valence electrons. The maximum absolute atomic E-state index is 13.3. The smallest absolute Gasteiger partial charge is 0.125 e. The van der Waals surface area contributed by atoms with Crippen LogP contribution in [0.2, 0.25) is 5.02 Å². The summed E-state index contributed by atoms with van der Waals surface area (Å²) in [5, 5.41) is 3.66. The summed E-state index contributed by atoms with van der Waals surface area (Å²) in [6.07, 6.45) is 5.35. The van der Waals surface area contributed by atoms with E-state index in [2.05, 4.69) is 10.3 Å². The molecule has 0 spiro atoms. The molecule has 0 amide bonds. The number of hydrogen-bond donors (Lipinski definition) is 1. The molecular weight excluding hydrogens is 289 g/mol. The summed E-state index contributed by atoms with van der Waals surface area (Å²) in [7, 11) is 0. The van der Waals surface area contributed by atoms with Gasteiger partial charge < -0.3 is 9.88 Å². The van der Waals surface area contributed by atoms with Gasteiger partial charge in [-0.1, -0.05) is 17.7 Å². The molecule has 0 unspecified atom stereocenters. The third-order valence-electron chi connectivity index (χ3n) is 3.07. The second-order valence-corrected chi connectivity index (χ2v) is 5.09. The Bertz CT molecular complexity index is 721. The number of halogens is 2. The van der Waals surface area contributed by atoms with E-state index in [1.54, 1.807) is 18.6 Å². The lowest BCUT2D eigenvalue weighted by atomic mass is 10.2. The van der Waals surface area contributed by atoms with Crippen molar-refractivity contribution in [1.29, 1.82) is 0 Å². The number of benzene rings is 2. The molecule has 3 nitrogen and oxygen atoms in total. The average molecular weight is 302 g/mol. The molecule has 5 heteroatoms. The maximum Gasteiger partial charge on any atom is 0.125 e. The van der Waals surface area contributed by atoms with Crippen molar-refractivity contribution in [2.45, 2.75) is 6.54 Å². The number of nitrogens with zero attached hydrogens (tertiary/aromatic N) is 2. The van der Waals surface area contributed by atoms with Gasteiger partial charge >= 0.3 is 0 Å². The minimum atomic E-state index is -0.327. The average Bonchev–Trinajstić information content (AvgIpc) is 2.99. The topological polar surface area (TPSA) is 29.9 Å². The zero-order valence-electron chi connectivity index (χ0n) is 11.1. The molecule has 1 heterocycles. The molecule has 0 bridgehead atoms. The Morgan fingerprint density at radius 3 is 2.86 bits per heavy atom. The lowest BCUT2D eigenvalue weighted by Gasteiger charge is -2.09. The first-order chi connectivity index (χ1) is 10.2. The molecule has 0 aliphatic heterocycles. The summed E-state index contributed by atoms with van der Waals surface area (Å²) in [6, 6.07) is 12.4. The largest absolute Gasteiger partial charge is 0.381 e. The lowest BCUT2D eigenvalue weighted by molar-refractivity contribution is 0.626. The van der Waals surface area contributed by atoms with Gasteiger partial charge in [-0.2, -0.15) is 0 Å². The highest BCUT2D eigenvalue weighted by Gasteiger charge is 2.01. The fourth-order valence-electron chi connectivity index (χ4n) is 2.11. The Kier molecular flexibility index (Phi) is 3.88. The summed E-state index contributed by atoms with van der Waals surface area (Å²) in [4.78, 5) is 4.03. The van der Waals surface area contributed by atoms with Gasteiger partial charge in [0.1, 0.15) is 5.82 Å². The summed E-state index contributed by atoms with van der Waals surface area (Å²) in [6.45, 7) is 0.505. The van der Waals surface area contributed by atoms with Crippen LogP contribution in [0.1, 0.15) is 5.56 Å². The van der Waals surface area contributed by atoms with Crippen LogP contribution >= 0.6 is 11.6 Å². The number of aromatic nitrogens is 2. The number of hydrogen-bond acceptors (Lipinski definition) is 2. The minimum absolute atomic E-state index is 0.327. The molecule has 0 aliphatic rings. The molecular formula is C16H13ClFN3. The van der Waals surface area contributed by atoms with Crippen molar-refractivity contribution in [3.63, 3.8) is 0 Å². The van der Waals surface area contributed by atoms with Crippen LogP contribution in [0.25, 0.3) is 5.69 Å². The zero-order valence-corrected chi connectivity index (χ0v) is 11.9. The molecule has 0 fully saturated rings. The quantitative estimate of drug-likeness (QED) is 0.779. The van der Waals surface area contributed by atoms with Crippen molar-refractivity contribution < 1.29 is 4.39 Å². The summed E-state index contributed by atoms with van der Waals surface area (Å²) in [5.41, 5.74) is 2.75. The number of imidazole rings is 1. The fraction of sp³-hybridized carbons (Fsp3) is 0.0625. The zero-order chi connectivity index (χ0) is 14.7. The van der Waals surface area contributed by atoms with E-state index >= 15 is 0 Å². The second-order valence-electron chi connectivity index (χ2n) is 4.65. The van der Waals surface area contributed by atoms with Gasteiger partial charge in [0.25, 0.3) is 0 Å². The highest BCUT2D eigenvalue weighted by molar-refractivity contribution is 6.30. The van der Waals surface area contributed by atoms with Crippen LogP contribution in [0.15, 0.2) is 61.2 Å². The fourth-order valence-corrected chi connectivity index (χ4v) is 2.35. The molecule has 0 saturated heterocycles. The highest BCUT2D eigenvalue weighted by Crippen LogP contribution is 2.18. The van der Waals surface area contributed by atoms with Crippen molar-refractivity contribution in [2.75, 3.05) is 5.32 Å². The van der Waals surface area contributed by atoms with Crippen LogP contribution in [-0.4, -0.2) is 9.55 Å². The van der Waals surface area contributed by atoms with E-state index in [1.165, 1.54) is 12.1 Å². The van der Waals surface area contributed by atoms with E-state index in [9.17, 15) is 4.39 Å². The molecule has 1 aromatic heterocycles. The van der Waals surface area contributed by atoms with Gasteiger partial charge in [0.2, 0.25) is 0 Å². The van der Waals surface area contributed by atoms with E-state index in [1.807, 2.05) is 35.0 Å². The monoisotopic (exact) mass is 301 g/mol. The molecule has 1 N–H and O–H groups in total. The van der Waals surface area contributed by atoms with Crippen LogP contribution < -0.4 is 5.32 Å². The van der Waals surface area contributed by atoms with Crippen molar-refractivity contribution in [3.8, 4) is 5.69 Å². The van der Waals surface area contributed by atoms with Crippen LogP contribution in [-0.2, 0) is 6.54 Å². The number of nitrogens with one attached hydrogen (secondary N) is 1. The van der Waals surface area contributed by atoms with E-state index in [4.69, 9.17) is 11.6 Å². The molecule has 0 saturated carbocycles. The molecule has 0 atom stereocenters. The Balaban J connectivity index is 1.75. The van der Waals surface area contributed by atoms with E-state index < -0.39 is 0 Å². The summed E-state index contributed by atoms with van der Waals surface area (Å²) < 4.78 is 15.2. The van der Waals surface area contributed by atoms with Gasteiger partial charge in [-0.25, -0.2) is 9.37 Å². The first-order valence-electron chi connectivity index (χ1n) is 6.48. The van der Waals surface area contributed by atoms with Crippen LogP contribution in [0.3, 0.4) is 0 Å². The molecule has 0 aliphatic carbocycles. The highest BCUT2D eigenvalue weighted by atomic mass is 35.5.